The van der Waals surface area contributed by atoms with E-state index < -0.39 is 79.1 Å². The largest absolute Gasteiger partial charge is 0.479 e. The van der Waals surface area contributed by atoms with Gasteiger partial charge in [-0.1, -0.05) is 6.58 Å². The van der Waals surface area contributed by atoms with Crippen LogP contribution in [-0.2, 0) is 38.1 Å². The van der Waals surface area contributed by atoms with Gasteiger partial charge in [0.05, 0.1) is 6.10 Å². The van der Waals surface area contributed by atoms with Gasteiger partial charge in [0.15, 0.2) is 24.6 Å². The summed E-state index contributed by atoms with van der Waals surface area (Å²) in [5.41, 5.74) is -0.0461. The van der Waals surface area contributed by atoms with Gasteiger partial charge in [-0.25, -0.2) is 14.4 Å². The highest BCUT2D eigenvalue weighted by molar-refractivity contribution is 5.87. The molecule has 0 aromatic heterocycles. The summed E-state index contributed by atoms with van der Waals surface area (Å²) >= 11 is 0. The fourth-order valence-electron chi connectivity index (χ4n) is 3.30. The summed E-state index contributed by atoms with van der Waals surface area (Å²) in [6, 6.07) is 0. The standard InChI is InChI=1S/C18H26O13/c1-5(2)17(26)29-11-7(19)6(3)28-14(16(24)25)12(11)30-18-9(21)8(20)10(27-4)13(31-18)15(22)23/h6-14,18-21H,1H2,2-4H3,(H,22,23)(H,24,25). The van der Waals surface area contributed by atoms with Crippen LogP contribution in [0.2, 0.25) is 0 Å². The number of rotatable bonds is 7. The molecule has 2 rings (SSSR count). The lowest BCUT2D eigenvalue weighted by atomic mass is 9.94. The number of carboxylic acid groups (broad SMARTS) is 2. The number of methoxy groups -OCH3 is 1. The molecule has 5 N–H and O–H groups in total. The summed E-state index contributed by atoms with van der Waals surface area (Å²) in [6.45, 7) is 6.08. The quantitative estimate of drug-likeness (QED) is 0.204. The zero-order valence-electron chi connectivity index (χ0n) is 17.0. The maximum atomic E-state index is 12.0. The molecule has 0 radical (unpaired) electrons. The zero-order valence-corrected chi connectivity index (χ0v) is 17.0. The Bertz CT molecular complexity index is 709. The van der Waals surface area contributed by atoms with Crippen molar-refractivity contribution in [2.24, 2.45) is 0 Å². The number of esters is 1. The highest BCUT2D eigenvalue weighted by Gasteiger charge is 2.54. The number of carboxylic acids is 2. The van der Waals surface area contributed by atoms with Crippen LogP contribution in [0.1, 0.15) is 13.8 Å². The molecule has 2 saturated heterocycles. The lowest BCUT2D eigenvalue weighted by Crippen LogP contribution is -2.66. The maximum absolute atomic E-state index is 12.0. The predicted molar refractivity (Wildman–Crippen MR) is 96.7 cm³/mol. The molecule has 31 heavy (non-hydrogen) atoms. The molecule has 0 saturated carbocycles. The van der Waals surface area contributed by atoms with Gasteiger partial charge in [0.2, 0.25) is 0 Å². The lowest BCUT2D eigenvalue weighted by Gasteiger charge is -2.45. The van der Waals surface area contributed by atoms with Crippen LogP contribution < -0.4 is 0 Å². The third kappa shape index (κ3) is 5.20. The van der Waals surface area contributed by atoms with E-state index in [1.807, 2.05) is 0 Å². The Morgan fingerprint density at radius 2 is 1.42 bits per heavy atom. The summed E-state index contributed by atoms with van der Waals surface area (Å²) in [7, 11) is 1.10. The van der Waals surface area contributed by atoms with E-state index in [-0.39, 0.29) is 5.57 Å². The van der Waals surface area contributed by atoms with Crippen molar-refractivity contribution in [3.63, 3.8) is 0 Å². The molecule has 2 fully saturated rings. The van der Waals surface area contributed by atoms with Gasteiger partial charge < -0.3 is 49.2 Å². The Labute approximate surface area is 176 Å². The number of aliphatic hydroxyl groups is 3. The predicted octanol–water partition coefficient (Wildman–Crippen LogP) is -2.36. The number of aliphatic carboxylic acids is 2. The van der Waals surface area contributed by atoms with E-state index in [2.05, 4.69) is 6.58 Å². The van der Waals surface area contributed by atoms with Crippen LogP contribution in [0.3, 0.4) is 0 Å². The summed E-state index contributed by atoms with van der Waals surface area (Å²) in [4.78, 5) is 35.2. The van der Waals surface area contributed by atoms with Crippen molar-refractivity contribution < 1.29 is 63.6 Å². The zero-order chi connectivity index (χ0) is 23.6. The fraction of sp³-hybridized carbons (Fsp3) is 0.722. The van der Waals surface area contributed by atoms with E-state index in [1.165, 1.54) is 13.8 Å². The van der Waals surface area contributed by atoms with Gasteiger partial charge in [-0.05, 0) is 13.8 Å². The first-order valence-corrected chi connectivity index (χ1v) is 9.26. The number of carbonyl (C=O) groups is 3. The minimum Gasteiger partial charge on any atom is -0.479 e. The Balaban J connectivity index is 2.37. The molecule has 0 bridgehead atoms. The molecule has 10 atom stereocenters. The van der Waals surface area contributed by atoms with Crippen LogP contribution in [-0.4, -0.2) is 112 Å². The van der Waals surface area contributed by atoms with Crippen molar-refractivity contribution in [1.29, 1.82) is 0 Å². The molecule has 13 heteroatoms. The molecule has 13 nitrogen and oxygen atoms in total. The molecule has 2 aliphatic heterocycles. The minimum absolute atomic E-state index is 0.0461. The lowest BCUT2D eigenvalue weighted by molar-refractivity contribution is -0.334. The van der Waals surface area contributed by atoms with Crippen LogP contribution in [0.5, 0.6) is 0 Å². The molecular formula is C18H26O13. The number of aliphatic hydroxyl groups excluding tert-OH is 3. The minimum atomic E-state index is -1.88. The van der Waals surface area contributed by atoms with E-state index in [4.69, 9.17) is 23.7 Å². The van der Waals surface area contributed by atoms with Gasteiger partial charge in [0.25, 0.3) is 0 Å². The van der Waals surface area contributed by atoms with E-state index >= 15 is 0 Å². The average Bonchev–Trinajstić information content (AvgIpc) is 2.69. The van der Waals surface area contributed by atoms with Crippen LogP contribution >= 0.6 is 0 Å². The topological polar surface area (TPSA) is 199 Å². The van der Waals surface area contributed by atoms with Crippen molar-refractivity contribution in [2.75, 3.05) is 7.11 Å². The summed E-state index contributed by atoms with van der Waals surface area (Å²) in [6.07, 6.45) is -16.5. The molecule has 176 valence electrons. The highest BCUT2D eigenvalue weighted by Crippen LogP contribution is 2.31. The van der Waals surface area contributed by atoms with E-state index in [0.29, 0.717) is 0 Å². The first kappa shape index (κ1) is 25.1. The number of ether oxygens (including phenoxy) is 5. The molecule has 0 aromatic rings. The molecule has 0 spiro atoms. The van der Waals surface area contributed by atoms with E-state index in [0.717, 1.165) is 7.11 Å². The van der Waals surface area contributed by atoms with E-state index in [1.54, 1.807) is 0 Å². The van der Waals surface area contributed by atoms with Gasteiger partial charge in [-0.15, -0.1) is 0 Å². The molecule has 0 amide bonds. The second-order valence-corrected chi connectivity index (χ2v) is 7.29. The molecule has 2 aliphatic rings. The third-order valence-electron chi connectivity index (χ3n) is 4.99. The van der Waals surface area contributed by atoms with Crippen LogP contribution in [0, 0.1) is 0 Å². The fourth-order valence-corrected chi connectivity index (χ4v) is 3.30. The molecule has 10 unspecified atom stereocenters. The van der Waals surface area contributed by atoms with Gasteiger partial charge in [0, 0.05) is 12.7 Å². The number of hydrogen-bond acceptors (Lipinski definition) is 11. The normalized spacial score (nSPS) is 40.7. The second-order valence-electron chi connectivity index (χ2n) is 7.29. The monoisotopic (exact) mass is 450 g/mol. The Kier molecular flexibility index (Phi) is 8.10. The van der Waals surface area contributed by atoms with Crippen molar-refractivity contribution in [2.45, 2.75) is 75.1 Å². The highest BCUT2D eigenvalue weighted by atomic mass is 16.7. The summed E-state index contributed by atoms with van der Waals surface area (Å²) < 4.78 is 25.9. The van der Waals surface area contributed by atoms with Crippen molar-refractivity contribution in [3.8, 4) is 0 Å². The van der Waals surface area contributed by atoms with Gasteiger partial charge in [-0.2, -0.15) is 0 Å². The maximum Gasteiger partial charge on any atom is 0.335 e. The van der Waals surface area contributed by atoms with Crippen molar-refractivity contribution in [3.05, 3.63) is 12.2 Å². The Morgan fingerprint density at radius 1 is 0.871 bits per heavy atom. The molecule has 2 heterocycles. The molecular weight excluding hydrogens is 424 g/mol. The Hall–Kier alpha value is -2.13. The van der Waals surface area contributed by atoms with Crippen LogP contribution in [0.4, 0.5) is 0 Å². The van der Waals surface area contributed by atoms with E-state index in [9.17, 15) is 39.9 Å². The van der Waals surface area contributed by atoms with Crippen LogP contribution in [0.25, 0.3) is 0 Å². The summed E-state index contributed by atoms with van der Waals surface area (Å²) in [5.74, 6) is -4.04. The molecule has 0 aliphatic carbocycles. The number of carbonyl (C=O) groups excluding carboxylic acids is 1. The Morgan fingerprint density at radius 3 is 1.90 bits per heavy atom. The summed E-state index contributed by atoms with van der Waals surface area (Å²) in [5, 5.41) is 49.8. The van der Waals surface area contributed by atoms with Gasteiger partial charge in [0.1, 0.15) is 30.5 Å². The van der Waals surface area contributed by atoms with Crippen molar-refractivity contribution >= 4 is 17.9 Å². The number of hydrogen-bond donors (Lipinski definition) is 5. The second kappa shape index (κ2) is 9.99. The first-order valence-electron chi connectivity index (χ1n) is 9.26. The van der Waals surface area contributed by atoms with Crippen LogP contribution in [0.15, 0.2) is 12.2 Å². The average molecular weight is 450 g/mol. The van der Waals surface area contributed by atoms with Gasteiger partial charge >= 0.3 is 17.9 Å². The third-order valence-corrected chi connectivity index (χ3v) is 4.99. The van der Waals surface area contributed by atoms with Crippen molar-refractivity contribution in [1.82, 2.24) is 0 Å². The smallest absolute Gasteiger partial charge is 0.335 e. The molecule has 0 aromatic carbocycles. The van der Waals surface area contributed by atoms with Gasteiger partial charge in [-0.3, -0.25) is 0 Å². The SMILES string of the molecule is C=C(C)C(=O)OC1C(O)C(C)OC(C(=O)O)C1OC1OC(C(=O)O)C(OC)C(O)C1O. The first-order chi connectivity index (χ1) is 14.4.